The van der Waals surface area contributed by atoms with Gasteiger partial charge in [-0.25, -0.2) is 0 Å². The molecule has 230 valence electrons. The number of hydrogen-bond acceptors (Lipinski definition) is 0. The van der Waals surface area contributed by atoms with Gasteiger partial charge in [0, 0.05) is 58.4 Å². The van der Waals surface area contributed by atoms with E-state index in [-0.39, 0.29) is 212 Å². The van der Waals surface area contributed by atoms with E-state index < -0.39 is 0 Å². The van der Waals surface area contributed by atoms with E-state index in [1.54, 1.807) is 0 Å². The van der Waals surface area contributed by atoms with Crippen LogP contribution >= 0.6 is 0 Å². The Labute approximate surface area is 211 Å². The Hall–Kier alpha value is 0.750. The molecule has 31 heteroatoms. The molecular formula is H56O28Zn3. The van der Waals surface area contributed by atoms with Gasteiger partial charge in [-0.2, -0.15) is 0 Å². The number of rotatable bonds is 0. The maximum Gasteiger partial charge on any atom is 0 e. The van der Waals surface area contributed by atoms with Gasteiger partial charge < -0.3 is 153 Å². The third kappa shape index (κ3) is 45200. The molecule has 0 unspecified atom stereocenters. The van der Waals surface area contributed by atoms with Crippen LogP contribution in [0.25, 0.3) is 0 Å². The molecule has 0 heterocycles. The predicted octanol–water partition coefficient (Wildman–Crippen LogP) is -23.1. The van der Waals surface area contributed by atoms with Crippen LogP contribution in [0.5, 0.6) is 0 Å². The van der Waals surface area contributed by atoms with Crippen LogP contribution in [0.1, 0.15) is 0 Å². The van der Waals surface area contributed by atoms with Gasteiger partial charge in [-0.3, -0.25) is 0 Å². The van der Waals surface area contributed by atoms with Gasteiger partial charge >= 0.3 is 0 Å². The Morgan fingerprint density at radius 2 is 0.0645 bits per heavy atom. The van der Waals surface area contributed by atoms with Crippen molar-refractivity contribution in [2.75, 3.05) is 0 Å². The average Bonchev–Trinajstić information content (AvgIpc) is 0. The fourth-order valence-corrected chi connectivity index (χ4v) is 0. The van der Waals surface area contributed by atoms with Gasteiger partial charge in [0.05, 0.1) is 0 Å². The van der Waals surface area contributed by atoms with E-state index in [1.165, 1.54) is 0 Å². The fourth-order valence-electron chi connectivity index (χ4n) is 0. The van der Waals surface area contributed by atoms with Crippen LogP contribution < -0.4 is 0 Å². The van der Waals surface area contributed by atoms with Gasteiger partial charge in [0.25, 0.3) is 0 Å². The van der Waals surface area contributed by atoms with Crippen molar-refractivity contribution in [3.8, 4) is 0 Å². The Balaban J connectivity index is 0. The molecule has 31 heavy (non-hydrogen) atoms. The minimum absolute atomic E-state index is 0. The molecule has 0 aromatic carbocycles. The first kappa shape index (κ1) is 53400. The topological polar surface area (TPSA) is 882 Å². The van der Waals surface area contributed by atoms with Gasteiger partial charge in [0.1, 0.15) is 0 Å². The normalized spacial score (nSPS) is 0. The summed E-state index contributed by atoms with van der Waals surface area (Å²) in [5, 5.41) is 0. The second-order valence-corrected chi connectivity index (χ2v) is 0. The maximum absolute atomic E-state index is 0. The first-order valence-electron chi connectivity index (χ1n) is 0. The van der Waals surface area contributed by atoms with E-state index in [4.69, 9.17) is 0 Å². The van der Waals surface area contributed by atoms with Crippen molar-refractivity contribution in [1.82, 2.24) is 0 Å². The third-order valence-electron chi connectivity index (χ3n) is 0. The summed E-state index contributed by atoms with van der Waals surface area (Å²) in [4.78, 5) is 0. The molecule has 0 aliphatic carbocycles. The third-order valence-corrected chi connectivity index (χ3v) is 0. The Kier molecular flexibility index (Phi) is 83200000. The molecule has 0 aliphatic heterocycles. The standard InChI is InChI=1S/28H2O.3Zn/h28*1H2;;;. The summed E-state index contributed by atoms with van der Waals surface area (Å²) < 4.78 is 0. The average molecular weight is 701 g/mol. The molecule has 0 saturated heterocycles. The van der Waals surface area contributed by atoms with Gasteiger partial charge in [0.2, 0.25) is 0 Å². The molecule has 0 amide bonds. The second kappa shape index (κ2) is 48400. The van der Waals surface area contributed by atoms with E-state index in [0.29, 0.717) is 0 Å². The number of hydrogen-bond donors (Lipinski definition) is 0. The summed E-state index contributed by atoms with van der Waals surface area (Å²) in [6, 6.07) is 0. The predicted molar refractivity (Wildman–Crippen MR) is 101 cm³/mol. The maximum atomic E-state index is 0. The van der Waals surface area contributed by atoms with Crippen LogP contribution in [-0.2, 0) is 58.4 Å². The molecular weight excluding hydrogens is 644 g/mol. The molecule has 0 atom stereocenters. The van der Waals surface area contributed by atoms with Crippen LogP contribution in [0.4, 0.5) is 0 Å². The molecule has 56 N–H and O–H groups in total. The van der Waals surface area contributed by atoms with Gasteiger partial charge in [-0.15, -0.1) is 0 Å². The summed E-state index contributed by atoms with van der Waals surface area (Å²) in [6.45, 7) is 0. The molecule has 28 nitrogen and oxygen atoms in total. The molecule has 0 saturated carbocycles. The monoisotopic (exact) mass is 696 g/mol. The van der Waals surface area contributed by atoms with Crippen molar-refractivity contribution in [2.45, 2.75) is 0 Å². The largest absolute Gasteiger partial charge is 0.412 e. The van der Waals surface area contributed by atoms with E-state index in [1.807, 2.05) is 0 Å². The molecule has 0 aromatic rings. The molecule has 0 aliphatic rings. The summed E-state index contributed by atoms with van der Waals surface area (Å²) in [5.74, 6) is 0. The molecule has 0 bridgehead atoms. The van der Waals surface area contributed by atoms with Crippen molar-refractivity contribution in [3.63, 3.8) is 0 Å². The Bertz CT molecular complexity index is 14.2. The van der Waals surface area contributed by atoms with Crippen LogP contribution in [-0.4, -0.2) is 153 Å². The smallest absolute Gasteiger partial charge is 0 e. The molecule has 0 rings (SSSR count). The van der Waals surface area contributed by atoms with Gasteiger partial charge in [-0.1, -0.05) is 0 Å². The molecule has 0 aromatic heterocycles. The molecule has 0 radical (unpaired) electrons. The van der Waals surface area contributed by atoms with Gasteiger partial charge in [0.15, 0.2) is 0 Å². The summed E-state index contributed by atoms with van der Waals surface area (Å²) in [7, 11) is 0. The van der Waals surface area contributed by atoms with E-state index >= 15 is 0 Å². The van der Waals surface area contributed by atoms with Crippen molar-refractivity contribution in [3.05, 3.63) is 0 Å². The zero-order valence-electron chi connectivity index (χ0n) is 16.1. The van der Waals surface area contributed by atoms with Crippen molar-refractivity contribution in [2.24, 2.45) is 0 Å². The second-order valence-electron chi connectivity index (χ2n) is 0. The molecule has 0 fully saturated rings. The van der Waals surface area contributed by atoms with Crippen molar-refractivity contribution < 1.29 is 212 Å². The van der Waals surface area contributed by atoms with E-state index in [2.05, 4.69) is 0 Å². The fraction of sp³-hybridized carbons (Fsp3) is 0. The summed E-state index contributed by atoms with van der Waals surface area (Å²) in [5.41, 5.74) is 0. The van der Waals surface area contributed by atoms with Crippen molar-refractivity contribution in [1.29, 1.82) is 0 Å². The van der Waals surface area contributed by atoms with Crippen LogP contribution in [0.3, 0.4) is 0 Å². The zero-order chi connectivity index (χ0) is 0. The Morgan fingerprint density at radius 1 is 0.0645 bits per heavy atom. The minimum atomic E-state index is 0. The quantitative estimate of drug-likeness (QED) is 0.213. The van der Waals surface area contributed by atoms with Crippen LogP contribution in [0.15, 0.2) is 0 Å². The van der Waals surface area contributed by atoms with Crippen molar-refractivity contribution >= 4 is 0 Å². The van der Waals surface area contributed by atoms with Gasteiger partial charge in [-0.05, 0) is 0 Å². The minimum Gasteiger partial charge on any atom is -0.412 e. The molecule has 0 spiro atoms. The first-order valence-corrected chi connectivity index (χ1v) is 0. The summed E-state index contributed by atoms with van der Waals surface area (Å²) >= 11 is 0. The SMILES string of the molecule is O.O.O.O.O.O.O.O.O.O.O.O.O.O.O.O.O.O.O.O.O.O.O.O.O.O.O.O.[Zn].[Zn].[Zn]. The zero-order valence-corrected chi connectivity index (χ0v) is 25.0. The first-order chi connectivity index (χ1) is 0. The summed E-state index contributed by atoms with van der Waals surface area (Å²) in [6.07, 6.45) is 0. The van der Waals surface area contributed by atoms with Crippen LogP contribution in [0.2, 0.25) is 0 Å². The van der Waals surface area contributed by atoms with E-state index in [0.717, 1.165) is 0 Å². The Morgan fingerprint density at radius 3 is 0.0645 bits per heavy atom. The van der Waals surface area contributed by atoms with Crippen LogP contribution in [0, 0.1) is 0 Å². The van der Waals surface area contributed by atoms with E-state index in [9.17, 15) is 0 Å².